The molecule has 1 aromatic heterocycles. The van der Waals surface area contributed by atoms with Gasteiger partial charge in [-0.15, -0.1) is 0 Å². The maximum atomic E-state index is 13.1. The van der Waals surface area contributed by atoms with E-state index in [1.807, 2.05) is 18.2 Å². The van der Waals surface area contributed by atoms with Crippen LogP contribution in [0.4, 0.5) is 10.5 Å². The highest BCUT2D eigenvalue weighted by molar-refractivity contribution is 7.91. The van der Waals surface area contributed by atoms with E-state index in [-0.39, 0.29) is 9.79 Å². The molecule has 4 aromatic rings. The molecule has 0 aliphatic carbocycles. The van der Waals surface area contributed by atoms with E-state index in [9.17, 15) is 13.2 Å². The number of methoxy groups -OCH3 is 1. The van der Waals surface area contributed by atoms with Crippen molar-refractivity contribution in [2.75, 3.05) is 12.4 Å². The molecule has 8 heteroatoms. The predicted octanol–water partition coefficient (Wildman–Crippen LogP) is 4.40. The Morgan fingerprint density at radius 3 is 2.38 bits per heavy atom. The molecule has 0 aliphatic rings. The van der Waals surface area contributed by atoms with Crippen LogP contribution < -0.4 is 15.4 Å². The Balaban J connectivity index is 1.46. The summed E-state index contributed by atoms with van der Waals surface area (Å²) in [6, 6.07) is 19.8. The second kappa shape index (κ2) is 9.07. The number of aromatic nitrogens is 1. The topological polar surface area (TPSA) is 97.4 Å². The third-order valence-electron chi connectivity index (χ3n) is 4.93. The van der Waals surface area contributed by atoms with Crippen molar-refractivity contribution in [3.05, 3.63) is 90.8 Å². The summed E-state index contributed by atoms with van der Waals surface area (Å²) in [6.07, 6.45) is 3.33. The van der Waals surface area contributed by atoms with Crippen molar-refractivity contribution in [1.82, 2.24) is 10.3 Å². The van der Waals surface area contributed by atoms with Crippen molar-refractivity contribution in [3.8, 4) is 5.75 Å². The van der Waals surface area contributed by atoms with Crippen LogP contribution in [-0.2, 0) is 16.4 Å². The summed E-state index contributed by atoms with van der Waals surface area (Å²) in [7, 11) is -2.12. The molecule has 32 heavy (non-hydrogen) atoms. The SMILES string of the molecule is COc1ccc2cc(S(=O)(=O)c3ccc(NC(=O)NCc4cccnc4)cc3)ccc2c1. The van der Waals surface area contributed by atoms with Gasteiger partial charge in [0, 0.05) is 24.6 Å². The third kappa shape index (κ3) is 4.70. The molecule has 7 nitrogen and oxygen atoms in total. The number of carbonyl (C=O) groups is 1. The van der Waals surface area contributed by atoms with Crippen molar-refractivity contribution >= 4 is 32.3 Å². The lowest BCUT2D eigenvalue weighted by atomic mass is 10.1. The number of anilines is 1. The quantitative estimate of drug-likeness (QED) is 0.457. The highest BCUT2D eigenvalue weighted by Gasteiger charge is 2.18. The maximum absolute atomic E-state index is 13.1. The highest BCUT2D eigenvalue weighted by Crippen LogP contribution is 2.27. The number of nitrogens with one attached hydrogen (secondary N) is 2. The minimum Gasteiger partial charge on any atom is -0.497 e. The van der Waals surface area contributed by atoms with E-state index < -0.39 is 15.9 Å². The van der Waals surface area contributed by atoms with Gasteiger partial charge in [0.1, 0.15) is 5.75 Å². The van der Waals surface area contributed by atoms with E-state index in [0.29, 0.717) is 18.0 Å². The average molecular weight is 448 g/mol. The summed E-state index contributed by atoms with van der Waals surface area (Å²) >= 11 is 0. The van der Waals surface area contributed by atoms with Crippen molar-refractivity contribution < 1.29 is 17.9 Å². The molecule has 0 unspecified atom stereocenters. The van der Waals surface area contributed by atoms with E-state index in [1.165, 1.54) is 12.1 Å². The standard InChI is InChI=1S/C24H21N3O4S/c1-31-21-8-4-19-14-23(9-5-18(19)13-21)32(29,30)22-10-6-20(7-11-22)27-24(28)26-16-17-3-2-12-25-15-17/h2-15H,16H2,1H3,(H2,26,27,28). The lowest BCUT2D eigenvalue weighted by Crippen LogP contribution is -2.28. The van der Waals surface area contributed by atoms with E-state index in [4.69, 9.17) is 4.74 Å². The van der Waals surface area contributed by atoms with Crippen LogP contribution in [0.2, 0.25) is 0 Å². The van der Waals surface area contributed by atoms with E-state index in [0.717, 1.165) is 16.3 Å². The van der Waals surface area contributed by atoms with Gasteiger partial charge in [-0.2, -0.15) is 0 Å². The van der Waals surface area contributed by atoms with Gasteiger partial charge in [-0.3, -0.25) is 4.98 Å². The number of amides is 2. The zero-order valence-electron chi connectivity index (χ0n) is 17.3. The summed E-state index contributed by atoms with van der Waals surface area (Å²) in [6.45, 7) is 0.333. The molecule has 2 amide bonds. The number of pyridine rings is 1. The zero-order valence-corrected chi connectivity index (χ0v) is 18.1. The monoisotopic (exact) mass is 447 g/mol. The Labute approximate surface area is 186 Å². The van der Waals surface area contributed by atoms with Crippen molar-refractivity contribution in [2.24, 2.45) is 0 Å². The Hall–Kier alpha value is -3.91. The van der Waals surface area contributed by atoms with Crippen LogP contribution in [0, 0.1) is 0 Å². The van der Waals surface area contributed by atoms with Gasteiger partial charge in [0.15, 0.2) is 0 Å². The summed E-state index contributed by atoms with van der Waals surface area (Å²) in [5, 5.41) is 7.10. The van der Waals surface area contributed by atoms with Crippen molar-refractivity contribution in [1.29, 1.82) is 0 Å². The highest BCUT2D eigenvalue weighted by atomic mass is 32.2. The van der Waals surface area contributed by atoms with Crippen LogP contribution in [-0.4, -0.2) is 26.5 Å². The van der Waals surface area contributed by atoms with E-state index in [2.05, 4.69) is 15.6 Å². The number of urea groups is 1. The van der Waals surface area contributed by atoms with Gasteiger partial charge in [0.2, 0.25) is 9.84 Å². The molecule has 162 valence electrons. The molecule has 1 heterocycles. The summed E-state index contributed by atoms with van der Waals surface area (Å²) < 4.78 is 31.3. The molecule has 0 fully saturated rings. The number of nitrogens with zero attached hydrogens (tertiary/aromatic N) is 1. The second-order valence-corrected chi connectivity index (χ2v) is 9.02. The van der Waals surface area contributed by atoms with Gasteiger partial charge in [0.05, 0.1) is 16.9 Å². The molecule has 0 atom stereocenters. The van der Waals surface area contributed by atoms with Gasteiger partial charge in [-0.1, -0.05) is 18.2 Å². The number of fused-ring (bicyclic) bond motifs is 1. The van der Waals surface area contributed by atoms with Crippen LogP contribution in [0.1, 0.15) is 5.56 Å². The van der Waals surface area contributed by atoms with Gasteiger partial charge >= 0.3 is 6.03 Å². The Bertz CT molecular complexity index is 1360. The predicted molar refractivity (Wildman–Crippen MR) is 122 cm³/mol. The maximum Gasteiger partial charge on any atom is 0.319 e. The van der Waals surface area contributed by atoms with Gasteiger partial charge in [-0.05, 0) is 70.9 Å². The van der Waals surface area contributed by atoms with Gasteiger partial charge < -0.3 is 15.4 Å². The second-order valence-electron chi connectivity index (χ2n) is 7.07. The minimum atomic E-state index is -3.70. The molecule has 0 saturated carbocycles. The van der Waals surface area contributed by atoms with Crippen LogP contribution in [0.15, 0.2) is 95.0 Å². The minimum absolute atomic E-state index is 0.145. The lowest BCUT2D eigenvalue weighted by Gasteiger charge is -2.10. The van der Waals surface area contributed by atoms with Gasteiger partial charge in [-0.25, -0.2) is 13.2 Å². The fourth-order valence-electron chi connectivity index (χ4n) is 3.21. The molecule has 0 spiro atoms. The largest absolute Gasteiger partial charge is 0.497 e. The number of carbonyl (C=O) groups excluding carboxylic acids is 1. The van der Waals surface area contributed by atoms with Crippen LogP contribution in [0.3, 0.4) is 0 Å². The molecular formula is C24H21N3O4S. The molecule has 0 bridgehead atoms. The first-order valence-corrected chi connectivity index (χ1v) is 11.3. The Kier molecular flexibility index (Phi) is 6.04. The molecule has 4 rings (SSSR count). The first kappa shape index (κ1) is 21.3. The van der Waals surface area contributed by atoms with Crippen LogP contribution in [0.5, 0.6) is 5.75 Å². The molecule has 0 saturated heterocycles. The number of rotatable bonds is 6. The Morgan fingerprint density at radius 1 is 0.938 bits per heavy atom. The number of benzene rings is 3. The number of sulfone groups is 1. The molecule has 0 radical (unpaired) electrons. The van der Waals surface area contributed by atoms with Gasteiger partial charge in [0.25, 0.3) is 0 Å². The van der Waals surface area contributed by atoms with E-state index in [1.54, 1.807) is 62.0 Å². The Morgan fingerprint density at radius 2 is 1.66 bits per heavy atom. The molecular weight excluding hydrogens is 426 g/mol. The average Bonchev–Trinajstić information content (AvgIpc) is 2.83. The van der Waals surface area contributed by atoms with E-state index >= 15 is 0 Å². The number of hydrogen-bond acceptors (Lipinski definition) is 5. The van der Waals surface area contributed by atoms with Crippen LogP contribution in [0.25, 0.3) is 10.8 Å². The fourth-order valence-corrected chi connectivity index (χ4v) is 4.51. The number of ether oxygens (including phenoxy) is 1. The summed E-state index contributed by atoms with van der Waals surface area (Å²) in [4.78, 5) is 16.4. The first-order chi connectivity index (χ1) is 15.5. The fraction of sp³-hybridized carbons (Fsp3) is 0.0833. The molecule has 0 aliphatic heterocycles. The van der Waals surface area contributed by atoms with Crippen molar-refractivity contribution in [2.45, 2.75) is 16.3 Å². The zero-order chi connectivity index (χ0) is 22.6. The smallest absolute Gasteiger partial charge is 0.319 e. The van der Waals surface area contributed by atoms with Crippen molar-refractivity contribution in [3.63, 3.8) is 0 Å². The molecule has 2 N–H and O–H groups in total. The summed E-state index contributed by atoms with van der Waals surface area (Å²) in [5.41, 5.74) is 1.36. The molecule has 3 aromatic carbocycles. The normalized spacial score (nSPS) is 11.2. The van der Waals surface area contributed by atoms with Crippen LogP contribution >= 0.6 is 0 Å². The summed E-state index contributed by atoms with van der Waals surface area (Å²) in [5.74, 6) is 0.709. The first-order valence-electron chi connectivity index (χ1n) is 9.82. The lowest BCUT2D eigenvalue weighted by molar-refractivity contribution is 0.251. The number of hydrogen-bond donors (Lipinski definition) is 2. The third-order valence-corrected chi connectivity index (χ3v) is 6.69.